The average Bonchev–Trinajstić information content (AvgIpc) is 3.23. The molecule has 6 aromatic rings. The van der Waals surface area contributed by atoms with Gasteiger partial charge in [0.1, 0.15) is 28.4 Å². The highest BCUT2D eigenvalue weighted by molar-refractivity contribution is 5.91. The summed E-state index contributed by atoms with van der Waals surface area (Å²) in [4.78, 5) is 68.3. The van der Waals surface area contributed by atoms with Gasteiger partial charge in [0.05, 0.1) is 11.8 Å². The molecular formula is C56H70N4O9. The number of ether oxygens (including phenoxy) is 4. The second-order valence-electron chi connectivity index (χ2n) is 19.5. The maximum atomic E-state index is 13.2. The largest absolute Gasteiger partial charge is 0.519 e. The zero-order chi connectivity index (χ0) is 50.2. The minimum Gasteiger partial charge on any atom is -0.444 e. The summed E-state index contributed by atoms with van der Waals surface area (Å²) in [6.07, 6.45) is 5.19. The summed E-state index contributed by atoms with van der Waals surface area (Å²) in [5, 5.41) is 7.03. The summed E-state index contributed by atoms with van der Waals surface area (Å²) in [6, 6.07) is 31.8. The van der Waals surface area contributed by atoms with E-state index in [1.54, 1.807) is 60.1 Å². The first-order valence-corrected chi connectivity index (χ1v) is 22.5. The van der Waals surface area contributed by atoms with Gasteiger partial charge in [0, 0.05) is 61.5 Å². The molecule has 0 saturated heterocycles. The van der Waals surface area contributed by atoms with E-state index in [1.165, 1.54) is 5.56 Å². The Morgan fingerprint density at radius 1 is 0.536 bits per heavy atom. The topological polar surface area (TPSA) is 186 Å². The van der Waals surface area contributed by atoms with Crippen LogP contribution >= 0.6 is 0 Å². The summed E-state index contributed by atoms with van der Waals surface area (Å²) in [6.45, 7) is 20.0. The summed E-state index contributed by atoms with van der Waals surface area (Å²) in [7, 11) is 0. The number of nitrogens with one attached hydrogen (secondary N) is 1. The van der Waals surface area contributed by atoms with Crippen molar-refractivity contribution in [3.63, 3.8) is 0 Å². The fourth-order valence-corrected chi connectivity index (χ4v) is 6.71. The van der Waals surface area contributed by atoms with Crippen molar-refractivity contribution in [1.29, 1.82) is 0 Å². The molecule has 0 aliphatic rings. The van der Waals surface area contributed by atoms with Crippen LogP contribution in [0.25, 0.3) is 21.5 Å². The number of carbonyl (C=O) groups excluding carboxylic acids is 5. The molecular weight excluding hydrogens is 873 g/mol. The zero-order valence-electron chi connectivity index (χ0n) is 41.2. The highest BCUT2D eigenvalue weighted by Crippen LogP contribution is 2.24. The van der Waals surface area contributed by atoms with Gasteiger partial charge in [-0.1, -0.05) is 103 Å². The van der Waals surface area contributed by atoms with Crippen LogP contribution < -0.4 is 11.1 Å². The molecule has 0 aliphatic carbocycles. The van der Waals surface area contributed by atoms with Gasteiger partial charge in [-0.2, -0.15) is 0 Å². The lowest BCUT2D eigenvalue weighted by atomic mass is 9.90. The average molecular weight is 943 g/mol. The molecule has 3 N–H and O–H groups in total. The van der Waals surface area contributed by atoms with E-state index in [2.05, 4.69) is 26.1 Å². The summed E-state index contributed by atoms with van der Waals surface area (Å²) in [5.41, 5.74) is 10.0. The second-order valence-corrected chi connectivity index (χ2v) is 19.5. The number of aromatic nitrogens is 2. The van der Waals surface area contributed by atoms with E-state index < -0.39 is 41.1 Å². The third kappa shape index (κ3) is 20.0. The third-order valence-electron chi connectivity index (χ3n) is 9.93. The van der Waals surface area contributed by atoms with Crippen LogP contribution in [-0.4, -0.2) is 69.8 Å². The highest BCUT2D eigenvalue weighted by atomic mass is 16.8. The molecule has 13 heteroatoms. The smallest absolute Gasteiger partial charge is 0.444 e. The Balaban J connectivity index is 0.000000288. The molecule has 2 aromatic heterocycles. The van der Waals surface area contributed by atoms with Crippen LogP contribution in [0.15, 0.2) is 122 Å². The van der Waals surface area contributed by atoms with Gasteiger partial charge in [0.2, 0.25) is 0 Å². The molecule has 0 aliphatic heterocycles. The number of hydrogen-bond donors (Lipinski definition) is 2. The highest BCUT2D eigenvalue weighted by Gasteiger charge is 2.26. The van der Waals surface area contributed by atoms with Gasteiger partial charge < -0.3 is 30.0 Å². The molecule has 6 rings (SSSR count). The van der Waals surface area contributed by atoms with Crippen molar-refractivity contribution in [2.24, 2.45) is 5.73 Å². The zero-order valence-corrected chi connectivity index (χ0v) is 41.2. The minimum atomic E-state index is -1.06. The number of Topliss-reactive ketones (excluding diaryl/α,β-unsaturated/α-hetero) is 2. The fraction of sp³-hybridized carbons (Fsp3) is 0.375. The van der Waals surface area contributed by atoms with Gasteiger partial charge in [-0.05, 0) is 121 Å². The van der Waals surface area contributed by atoms with E-state index in [0.717, 1.165) is 49.4 Å². The van der Waals surface area contributed by atoms with Gasteiger partial charge in [0.15, 0.2) is 0 Å². The van der Waals surface area contributed by atoms with Crippen molar-refractivity contribution < 1.29 is 42.9 Å². The molecule has 13 nitrogen and oxygen atoms in total. The Morgan fingerprint density at radius 3 is 1.32 bits per heavy atom. The van der Waals surface area contributed by atoms with E-state index in [0.29, 0.717) is 13.0 Å². The van der Waals surface area contributed by atoms with E-state index >= 15 is 0 Å². The maximum absolute atomic E-state index is 13.2. The van der Waals surface area contributed by atoms with Crippen molar-refractivity contribution in [2.75, 3.05) is 13.1 Å². The lowest BCUT2D eigenvalue weighted by Crippen LogP contribution is -2.36. The van der Waals surface area contributed by atoms with Crippen molar-refractivity contribution in [3.05, 3.63) is 155 Å². The van der Waals surface area contributed by atoms with Crippen LogP contribution in [0.4, 0.5) is 14.4 Å². The molecule has 2 atom stereocenters. The number of hydrogen-bond acceptors (Lipinski definition) is 12. The molecule has 0 bridgehead atoms. The van der Waals surface area contributed by atoms with Crippen molar-refractivity contribution in [1.82, 2.24) is 15.3 Å². The Bertz CT molecular complexity index is 2620. The number of pyridine rings is 2. The number of aryl methyl sites for hydroxylation is 2. The number of carbonyl (C=O) groups is 5. The number of fused-ring (bicyclic) bond motifs is 2. The molecule has 1 amide bonds. The molecule has 2 heterocycles. The molecule has 0 radical (unpaired) electrons. The Kier molecular flexibility index (Phi) is 20.7. The Hall–Kier alpha value is -6.99. The first kappa shape index (κ1) is 56.3. The molecule has 0 spiro atoms. The molecule has 69 heavy (non-hydrogen) atoms. The van der Waals surface area contributed by atoms with Gasteiger partial charge in [-0.25, -0.2) is 14.4 Å². The van der Waals surface area contributed by atoms with Crippen LogP contribution in [0.5, 0.6) is 0 Å². The van der Waals surface area contributed by atoms with E-state index in [4.69, 9.17) is 19.9 Å². The van der Waals surface area contributed by atoms with Crippen LogP contribution in [-0.2, 0) is 41.4 Å². The standard InChI is InChI=1S/C25H28N2O3.C20H20N2O.C10H18O5.CH4/c1-17-5-8-19(9-6-17)22(16-27-24(29)30-25(2,3)4)23(28)14-18-7-10-21-15-26-12-11-20(21)13-18;1-14-2-5-16(6-3-14)19(12-21)20(23)11-15-4-7-18-13-22-9-8-17(18)10-15;1-9(2,3)14-7(11)13-8(12)15-10(4,5)6;/h5-13,15,22H,14,16H2,1-4H3,(H,27,29);2-10,13,19H,11-12,21H2,1H3;1-6H3;1H4. The number of amides is 1. The van der Waals surface area contributed by atoms with Crippen LogP contribution in [0.3, 0.4) is 0 Å². The first-order valence-electron chi connectivity index (χ1n) is 22.5. The number of nitrogens with two attached hydrogens (primary N) is 1. The van der Waals surface area contributed by atoms with Crippen LogP contribution in [0, 0.1) is 13.8 Å². The van der Waals surface area contributed by atoms with Crippen molar-refractivity contribution >= 4 is 51.5 Å². The molecule has 0 saturated carbocycles. The second kappa shape index (κ2) is 25.4. The minimum absolute atomic E-state index is 0. The Labute approximate surface area is 407 Å². The maximum Gasteiger partial charge on any atom is 0.519 e. The molecule has 4 aromatic carbocycles. The molecule has 368 valence electrons. The SMILES string of the molecule is C.CC(C)(C)OC(=O)OC(=O)OC(C)(C)C.Cc1ccc(C(CN)C(=O)Cc2ccc3cnccc3c2)cc1.Cc1ccc(C(CNC(=O)OC(C)(C)C)C(=O)Cc2ccc3cnccc3c2)cc1. The fourth-order valence-electron chi connectivity index (χ4n) is 6.71. The third-order valence-corrected chi connectivity index (χ3v) is 9.93. The predicted octanol–water partition coefficient (Wildman–Crippen LogP) is 11.9. The summed E-state index contributed by atoms with van der Waals surface area (Å²) >= 11 is 0. The number of ketones is 2. The van der Waals surface area contributed by atoms with Crippen molar-refractivity contribution in [2.45, 2.75) is 125 Å². The lowest BCUT2D eigenvalue weighted by Gasteiger charge is -2.22. The van der Waals surface area contributed by atoms with Gasteiger partial charge >= 0.3 is 18.4 Å². The molecule has 2 unspecified atom stereocenters. The number of alkyl carbamates (subject to hydrolysis) is 1. The van der Waals surface area contributed by atoms with Gasteiger partial charge in [-0.15, -0.1) is 0 Å². The molecule has 0 fully saturated rings. The van der Waals surface area contributed by atoms with Gasteiger partial charge in [0.25, 0.3) is 0 Å². The van der Waals surface area contributed by atoms with Crippen LogP contribution in [0.2, 0.25) is 0 Å². The number of benzene rings is 4. The predicted molar refractivity (Wildman–Crippen MR) is 272 cm³/mol. The lowest BCUT2D eigenvalue weighted by molar-refractivity contribution is -0.120. The summed E-state index contributed by atoms with van der Waals surface area (Å²) in [5.74, 6) is -0.497. The first-order chi connectivity index (χ1) is 31.9. The number of nitrogens with zero attached hydrogens (tertiary/aromatic N) is 2. The van der Waals surface area contributed by atoms with E-state index in [9.17, 15) is 24.0 Å². The summed E-state index contributed by atoms with van der Waals surface area (Å²) < 4.78 is 19.1. The van der Waals surface area contributed by atoms with Crippen molar-refractivity contribution in [3.8, 4) is 0 Å². The number of rotatable bonds is 11. The Morgan fingerprint density at radius 2 is 0.928 bits per heavy atom. The van der Waals surface area contributed by atoms with E-state index in [1.807, 2.05) is 132 Å². The quantitative estimate of drug-likeness (QED) is 0.0712. The normalized spacial score (nSPS) is 12.1. The van der Waals surface area contributed by atoms with Gasteiger partial charge in [-0.3, -0.25) is 19.6 Å². The monoisotopic (exact) mass is 943 g/mol. The van der Waals surface area contributed by atoms with E-state index in [-0.39, 0.29) is 37.9 Å². The van der Waals surface area contributed by atoms with Crippen LogP contribution in [0.1, 0.15) is 115 Å².